The summed E-state index contributed by atoms with van der Waals surface area (Å²) in [5.74, 6) is -14.3. The smallest absolute Gasteiger partial charge is 0.325 e. The zero-order valence-electron chi connectivity index (χ0n) is 65.6. The summed E-state index contributed by atoms with van der Waals surface area (Å²) in [7, 11) is 0. The first-order valence-electron chi connectivity index (χ1n) is 38.9. The summed E-state index contributed by atoms with van der Waals surface area (Å²) >= 11 is 0. The number of aliphatic hydroxyl groups is 1. The van der Waals surface area contributed by atoms with Gasteiger partial charge in [-0.25, -0.2) is 0 Å². The fraction of sp³-hybridized carbons (Fsp3) is 0.526. The first-order chi connectivity index (χ1) is 54.9. The Hall–Kier alpha value is -11.6. The predicted molar refractivity (Wildman–Crippen MR) is 423 cm³/mol. The van der Waals surface area contributed by atoms with Gasteiger partial charge in [0.15, 0.2) is 0 Å². The van der Waals surface area contributed by atoms with Crippen molar-refractivity contribution in [2.45, 2.75) is 204 Å². The van der Waals surface area contributed by atoms with Gasteiger partial charge in [0.25, 0.3) is 0 Å². The summed E-state index contributed by atoms with van der Waals surface area (Å²) in [4.78, 5) is 216. The first-order valence-corrected chi connectivity index (χ1v) is 38.9. The van der Waals surface area contributed by atoms with E-state index in [-0.39, 0.29) is 96.0 Å². The van der Waals surface area contributed by atoms with Gasteiger partial charge in [-0.05, 0) is 124 Å². The largest absolute Gasteiger partial charge is 0.508 e. The van der Waals surface area contributed by atoms with Gasteiger partial charge in [-0.2, -0.15) is 0 Å². The minimum absolute atomic E-state index is 0.00670. The van der Waals surface area contributed by atoms with E-state index in [1.54, 1.807) is 74.8 Å². The van der Waals surface area contributed by atoms with Crippen molar-refractivity contribution in [1.82, 2.24) is 79.1 Å². The molecule has 628 valence electrons. The average molecular weight is 1600 g/mol. The Bertz CT molecular complexity index is 4150. The number of cyclic esters (lactones) is 1. The number of amides is 14. The Labute approximate surface area is 665 Å². The monoisotopic (exact) mass is 1600 g/mol. The molecule has 6 rings (SSSR count). The third-order valence-corrected chi connectivity index (χ3v) is 19.5. The Balaban J connectivity index is 1.22. The molecule has 12 atom stereocenters. The molecule has 37 heteroatoms. The van der Waals surface area contributed by atoms with Gasteiger partial charge in [0.1, 0.15) is 78.8 Å². The number of hydrogen-bond acceptors (Lipinski definition) is 21. The molecular weight excluding hydrogens is 1490 g/mol. The summed E-state index contributed by atoms with van der Waals surface area (Å²) in [5, 5.41) is 54.9. The minimum atomic E-state index is -1.87. The summed E-state index contributed by atoms with van der Waals surface area (Å²) < 4.78 is 5.56. The van der Waals surface area contributed by atoms with E-state index in [2.05, 4.69) is 92.9 Å². The summed E-state index contributed by atoms with van der Waals surface area (Å²) in [6.45, 7) is 5.65. The lowest BCUT2D eigenvalue weighted by Crippen LogP contribution is -2.63. The highest BCUT2D eigenvalue weighted by molar-refractivity contribution is 6.01. The highest BCUT2D eigenvalue weighted by atomic mass is 16.5. The maximum atomic E-state index is 15.0. The fourth-order valence-electron chi connectivity index (χ4n) is 12.8. The zero-order chi connectivity index (χ0) is 84.3. The SMILES string of the molecule is CC[C@H](C)[C@@H]1NC(=O)C(NC(=O)[C@H](Cc2c[nH]c3ccccc23)NC(=O)[C@@H](CCCN)NC(=O)CNC(=O)[C@H](CCCN)NC(=O)[C@@H](CCCN)NC(=O)[C@@H](Cc2c[nH]c3ccccc23)NC(=O)[C@@H](Cc2ccc(O)cc2)NC(=O)[C@@H](CO)NC(=O)CCCCCC(C)C)[C@@H](C)OC(=O)CNC(=O)CNC(=O)C(CC(N)=O)NC1=O. The number of rotatable bonds is 43. The number of primary amides is 1. The molecular formula is C78H113N19O18. The van der Waals surface area contributed by atoms with Crippen molar-refractivity contribution in [3.8, 4) is 5.75 Å². The van der Waals surface area contributed by atoms with Crippen LogP contribution in [0.25, 0.3) is 21.8 Å². The Morgan fingerprint density at radius 1 is 0.530 bits per heavy atom. The van der Waals surface area contributed by atoms with Crippen molar-refractivity contribution in [3.63, 3.8) is 0 Å². The number of fused-ring (bicyclic) bond motifs is 2. The van der Waals surface area contributed by atoms with Crippen molar-refractivity contribution < 1.29 is 86.9 Å². The van der Waals surface area contributed by atoms with Gasteiger partial charge in [0.2, 0.25) is 82.7 Å². The molecule has 3 aromatic carbocycles. The number of benzene rings is 3. The Morgan fingerprint density at radius 3 is 1.56 bits per heavy atom. The molecule has 1 saturated heterocycles. The van der Waals surface area contributed by atoms with E-state index < -0.39 is 194 Å². The first kappa shape index (κ1) is 92.3. The third kappa shape index (κ3) is 30.0. The highest BCUT2D eigenvalue weighted by Crippen LogP contribution is 2.23. The van der Waals surface area contributed by atoms with Crippen LogP contribution in [0.15, 0.2) is 85.2 Å². The lowest BCUT2D eigenvalue weighted by molar-refractivity contribution is -0.153. The number of H-pyrrole nitrogens is 2. The van der Waals surface area contributed by atoms with Gasteiger partial charge in [0, 0.05) is 59.9 Å². The molecule has 25 N–H and O–H groups in total. The van der Waals surface area contributed by atoms with Crippen LogP contribution in [-0.2, 0) is 95.9 Å². The molecule has 5 aromatic rings. The van der Waals surface area contributed by atoms with Crippen LogP contribution in [-0.4, -0.2) is 221 Å². The van der Waals surface area contributed by atoms with E-state index in [1.807, 2.05) is 0 Å². The predicted octanol–water partition coefficient (Wildman–Crippen LogP) is -2.74. The van der Waals surface area contributed by atoms with Crippen LogP contribution in [0.5, 0.6) is 5.75 Å². The van der Waals surface area contributed by atoms with Gasteiger partial charge >= 0.3 is 5.97 Å². The molecule has 2 unspecified atom stereocenters. The number of phenols is 1. The molecule has 1 fully saturated rings. The number of nitrogens with one attached hydrogen (secondary N) is 15. The second kappa shape index (κ2) is 47.2. The van der Waals surface area contributed by atoms with Gasteiger partial charge in [0.05, 0.1) is 26.1 Å². The van der Waals surface area contributed by atoms with Crippen LogP contribution in [0.3, 0.4) is 0 Å². The number of aromatic hydroxyl groups is 1. The standard InChI is InChI=1S/C78H113N19O18/c1-6-44(4)67-77(113)95-60(36-62(82)100)70(106)86-39-64(102)85-41-66(104)115-45(5)68(78(114)96-67)97-75(111)59(35-48-38-84-53-21-13-11-19-51(48)53)93-71(107)55(23-15-31-80)88-65(103)40-87-69(105)54(22-14-30-79)90-72(108)56(24-16-32-81)91-74(110)58(34-47-37-83-52-20-12-10-18-50(47)52)94-73(109)57(33-46-26-28-49(99)29-27-46)92-76(112)61(42-98)89-63(101)25-9-7-8-17-43(2)3/h10-13,18-21,26-29,37-38,43-45,54-61,67-68,83-84,98-99H,6-9,14-17,22-25,30-36,39-42,79-81H2,1-5H3,(H2,82,100)(H,85,102)(H,86,106)(H,87,105)(H,88,103)(H,89,101)(H,90,108)(H,91,110)(H,92,112)(H,93,107)(H,94,109)(H,95,113)(H,96,114)(H,97,111)/t44-,45+,54-,55+,56+,57+,58+,59-,60?,61+,67-,68?/m0/s1. The molecule has 0 spiro atoms. The number of esters is 1. The maximum absolute atomic E-state index is 15.0. The number of aliphatic hydroxyl groups excluding tert-OH is 1. The minimum Gasteiger partial charge on any atom is -0.508 e. The van der Waals surface area contributed by atoms with Crippen molar-refractivity contribution >= 4 is 110 Å². The quantitative estimate of drug-likeness (QED) is 0.0139. The number of unbranched alkanes of at least 4 members (excludes halogenated alkanes) is 2. The number of carbonyl (C=O) groups excluding carboxylic acids is 15. The summed E-state index contributed by atoms with van der Waals surface area (Å²) in [5.41, 5.74) is 26.0. The molecule has 3 heterocycles. The molecule has 0 aliphatic carbocycles. The number of hydrogen-bond donors (Lipinski definition) is 21. The van der Waals surface area contributed by atoms with E-state index >= 15 is 4.79 Å². The van der Waals surface area contributed by atoms with E-state index in [4.69, 9.17) is 27.7 Å². The average Bonchev–Trinajstić information content (AvgIpc) is 1.73. The van der Waals surface area contributed by atoms with Crippen molar-refractivity contribution in [1.29, 1.82) is 0 Å². The second-order valence-corrected chi connectivity index (χ2v) is 29.0. The number of aromatic nitrogens is 2. The summed E-state index contributed by atoms with van der Waals surface area (Å²) in [6, 6.07) is 4.50. The maximum Gasteiger partial charge on any atom is 0.325 e. The molecule has 0 radical (unpaired) electrons. The van der Waals surface area contributed by atoms with Crippen LogP contribution in [0, 0.1) is 11.8 Å². The molecule has 0 bridgehead atoms. The van der Waals surface area contributed by atoms with E-state index in [9.17, 15) is 77.3 Å². The molecule has 14 amide bonds. The fourth-order valence-corrected chi connectivity index (χ4v) is 12.8. The number of carbonyl (C=O) groups is 15. The van der Waals surface area contributed by atoms with Crippen LogP contribution in [0.4, 0.5) is 0 Å². The molecule has 37 nitrogen and oxygen atoms in total. The molecule has 115 heavy (non-hydrogen) atoms. The van der Waals surface area contributed by atoms with E-state index in [1.165, 1.54) is 31.2 Å². The van der Waals surface area contributed by atoms with Crippen molar-refractivity contribution in [2.24, 2.45) is 34.8 Å². The second-order valence-electron chi connectivity index (χ2n) is 29.0. The van der Waals surface area contributed by atoms with Crippen LogP contribution in [0.1, 0.15) is 135 Å². The highest BCUT2D eigenvalue weighted by Gasteiger charge is 2.40. The number of phenolic OH excluding ortho intramolecular Hbond substituents is 1. The molecule has 1 aliphatic heterocycles. The number of ether oxygens (including phenoxy) is 1. The number of aromatic amines is 2. The van der Waals surface area contributed by atoms with Gasteiger partial charge < -0.3 is 117 Å². The van der Waals surface area contributed by atoms with E-state index in [0.29, 0.717) is 50.8 Å². The van der Waals surface area contributed by atoms with E-state index in [0.717, 1.165) is 19.3 Å². The Kier molecular flexibility index (Phi) is 37.9. The Morgan fingerprint density at radius 2 is 1.03 bits per heavy atom. The van der Waals surface area contributed by atoms with Crippen molar-refractivity contribution in [3.05, 3.63) is 102 Å². The lowest BCUT2D eigenvalue weighted by Gasteiger charge is -2.31. The van der Waals surface area contributed by atoms with Gasteiger partial charge in [-0.1, -0.05) is 102 Å². The van der Waals surface area contributed by atoms with Crippen molar-refractivity contribution in [2.75, 3.05) is 45.9 Å². The molecule has 1 aliphatic rings. The molecule has 2 aromatic heterocycles. The number of para-hydroxylation sites is 2. The lowest BCUT2D eigenvalue weighted by atomic mass is 9.96. The normalized spacial score (nSPS) is 17.7. The number of nitrogens with two attached hydrogens (primary N) is 4. The van der Waals surface area contributed by atoms with Crippen LogP contribution >= 0.6 is 0 Å². The topological polar surface area (TPSA) is 598 Å². The zero-order valence-corrected chi connectivity index (χ0v) is 65.6. The van der Waals surface area contributed by atoms with Crippen LogP contribution < -0.4 is 92.1 Å². The third-order valence-electron chi connectivity index (χ3n) is 19.5. The van der Waals surface area contributed by atoms with Crippen LogP contribution in [0.2, 0.25) is 0 Å². The van der Waals surface area contributed by atoms with Gasteiger partial charge in [-0.3, -0.25) is 71.9 Å². The van der Waals surface area contributed by atoms with Gasteiger partial charge in [-0.15, -0.1) is 0 Å². The molecule has 0 saturated carbocycles. The summed E-state index contributed by atoms with van der Waals surface area (Å²) in [6.07, 6.45) is 3.82.